The van der Waals surface area contributed by atoms with Gasteiger partial charge in [-0.1, -0.05) is 40.2 Å². The number of carbonyl (C=O) groups excluding carboxylic acids is 1. The normalized spacial score (nSPS) is 11.7. The van der Waals surface area contributed by atoms with Crippen LogP contribution in [0.1, 0.15) is 18.1 Å². The van der Waals surface area contributed by atoms with Crippen LogP contribution in [-0.2, 0) is 11.4 Å². The predicted molar refractivity (Wildman–Crippen MR) is 124 cm³/mol. The van der Waals surface area contributed by atoms with Crippen molar-refractivity contribution in [2.75, 3.05) is 7.11 Å². The van der Waals surface area contributed by atoms with Crippen molar-refractivity contribution in [1.82, 2.24) is 5.43 Å². The second-order valence-corrected chi connectivity index (χ2v) is 7.54. The average molecular weight is 483 g/mol. The lowest BCUT2D eigenvalue weighted by Gasteiger charge is -2.13. The highest BCUT2D eigenvalue weighted by atomic mass is 79.9. The van der Waals surface area contributed by atoms with Crippen LogP contribution >= 0.6 is 15.9 Å². The number of carbonyl (C=O) groups is 1. The summed E-state index contributed by atoms with van der Waals surface area (Å²) in [5, 5.41) is 4.05. The molecule has 1 unspecified atom stereocenters. The van der Waals surface area contributed by atoms with Crippen LogP contribution in [0.15, 0.2) is 82.4 Å². The van der Waals surface area contributed by atoms with Gasteiger partial charge in [-0.15, -0.1) is 0 Å². The van der Waals surface area contributed by atoms with Crippen molar-refractivity contribution in [2.24, 2.45) is 5.10 Å². The van der Waals surface area contributed by atoms with E-state index in [0.29, 0.717) is 18.1 Å². The molecule has 3 rings (SSSR count). The molecule has 0 radical (unpaired) electrons. The number of hydrazone groups is 1. The summed E-state index contributed by atoms with van der Waals surface area (Å²) in [4.78, 5) is 12.3. The van der Waals surface area contributed by atoms with Crippen molar-refractivity contribution < 1.29 is 19.0 Å². The number of halogens is 1. The Labute approximate surface area is 190 Å². The zero-order chi connectivity index (χ0) is 22.1. The Bertz CT molecular complexity index is 1040. The van der Waals surface area contributed by atoms with Gasteiger partial charge in [-0.25, -0.2) is 5.43 Å². The number of methoxy groups -OCH3 is 1. The summed E-state index contributed by atoms with van der Waals surface area (Å²) >= 11 is 3.36. The minimum Gasteiger partial charge on any atom is -0.497 e. The van der Waals surface area contributed by atoms with E-state index >= 15 is 0 Å². The molecule has 0 aliphatic rings. The van der Waals surface area contributed by atoms with E-state index in [1.807, 2.05) is 60.7 Å². The van der Waals surface area contributed by atoms with Crippen LogP contribution in [-0.4, -0.2) is 25.3 Å². The first-order valence-corrected chi connectivity index (χ1v) is 10.4. The van der Waals surface area contributed by atoms with Crippen molar-refractivity contribution in [3.8, 4) is 17.2 Å². The maximum Gasteiger partial charge on any atom is 0.280 e. The maximum absolute atomic E-state index is 12.3. The number of nitrogens with one attached hydrogen (secondary N) is 1. The Morgan fingerprint density at radius 2 is 1.84 bits per heavy atom. The first-order chi connectivity index (χ1) is 15.0. The molecular formula is C24H23BrN2O4. The van der Waals surface area contributed by atoms with Crippen molar-refractivity contribution in [2.45, 2.75) is 19.6 Å². The van der Waals surface area contributed by atoms with Crippen molar-refractivity contribution >= 4 is 28.1 Å². The SMILES string of the molecule is COc1cccc(COc2ccccc2/C=N/NC(=O)C(C)Oc2ccc(Br)cc2)c1. The van der Waals surface area contributed by atoms with Crippen LogP contribution in [0.4, 0.5) is 0 Å². The number of amides is 1. The first-order valence-electron chi connectivity index (χ1n) is 9.65. The second kappa shape index (κ2) is 11.2. The molecule has 0 saturated heterocycles. The predicted octanol–water partition coefficient (Wildman–Crippen LogP) is 4.95. The summed E-state index contributed by atoms with van der Waals surface area (Å²) in [6.07, 6.45) is 0.850. The molecule has 1 amide bonds. The molecule has 1 atom stereocenters. The van der Waals surface area contributed by atoms with E-state index in [-0.39, 0.29) is 5.91 Å². The first kappa shape index (κ1) is 22.4. The standard InChI is InChI=1S/C24H23BrN2O4/c1-17(31-21-12-10-20(25)11-13-21)24(28)27-26-15-19-7-3-4-9-23(19)30-16-18-6-5-8-22(14-18)29-2/h3-15,17H,16H2,1-2H3,(H,27,28)/b26-15+. The monoisotopic (exact) mass is 482 g/mol. The Morgan fingerprint density at radius 1 is 1.06 bits per heavy atom. The fourth-order valence-electron chi connectivity index (χ4n) is 2.67. The zero-order valence-corrected chi connectivity index (χ0v) is 18.8. The number of hydrogen-bond acceptors (Lipinski definition) is 5. The number of para-hydroxylation sites is 1. The van der Waals surface area contributed by atoms with Crippen molar-refractivity contribution in [1.29, 1.82) is 0 Å². The van der Waals surface area contributed by atoms with Gasteiger partial charge in [-0.05, 0) is 61.0 Å². The number of nitrogens with zero attached hydrogens (tertiary/aromatic N) is 1. The van der Waals surface area contributed by atoms with E-state index in [2.05, 4.69) is 26.5 Å². The molecule has 3 aromatic rings. The molecule has 0 saturated carbocycles. The summed E-state index contributed by atoms with van der Waals surface area (Å²) < 4.78 is 17.7. The lowest BCUT2D eigenvalue weighted by atomic mass is 10.2. The summed E-state index contributed by atoms with van der Waals surface area (Å²) in [6.45, 7) is 2.05. The fourth-order valence-corrected chi connectivity index (χ4v) is 2.93. The molecule has 0 bridgehead atoms. The molecule has 7 heteroatoms. The molecular weight excluding hydrogens is 460 g/mol. The Balaban J connectivity index is 1.56. The summed E-state index contributed by atoms with van der Waals surface area (Å²) in [6, 6.07) is 22.4. The topological polar surface area (TPSA) is 69.2 Å². The highest BCUT2D eigenvalue weighted by molar-refractivity contribution is 9.10. The molecule has 0 spiro atoms. The van der Waals surface area contributed by atoms with Gasteiger partial charge in [0.25, 0.3) is 5.91 Å². The number of hydrogen-bond donors (Lipinski definition) is 1. The van der Waals surface area contributed by atoms with Gasteiger partial charge >= 0.3 is 0 Å². The smallest absolute Gasteiger partial charge is 0.280 e. The molecule has 1 N–H and O–H groups in total. The molecule has 31 heavy (non-hydrogen) atoms. The van der Waals surface area contributed by atoms with E-state index in [1.165, 1.54) is 0 Å². The van der Waals surface area contributed by atoms with Gasteiger partial charge < -0.3 is 14.2 Å². The van der Waals surface area contributed by atoms with E-state index in [9.17, 15) is 4.79 Å². The number of benzene rings is 3. The van der Waals surface area contributed by atoms with Crippen LogP contribution in [0.5, 0.6) is 17.2 Å². The third-order valence-corrected chi connectivity index (χ3v) is 4.85. The molecule has 0 aromatic heterocycles. The van der Waals surface area contributed by atoms with E-state index in [0.717, 1.165) is 21.3 Å². The third-order valence-electron chi connectivity index (χ3n) is 4.32. The van der Waals surface area contributed by atoms with Crippen molar-refractivity contribution in [3.63, 3.8) is 0 Å². The molecule has 0 heterocycles. The third kappa shape index (κ3) is 6.86. The molecule has 0 aliphatic carbocycles. The summed E-state index contributed by atoms with van der Waals surface area (Å²) in [7, 11) is 1.63. The highest BCUT2D eigenvalue weighted by Gasteiger charge is 2.14. The average Bonchev–Trinajstić information content (AvgIpc) is 2.80. The number of ether oxygens (including phenoxy) is 3. The van der Waals surface area contributed by atoms with Crippen LogP contribution in [0.3, 0.4) is 0 Å². The maximum atomic E-state index is 12.3. The van der Waals surface area contributed by atoms with Gasteiger partial charge in [0.05, 0.1) is 13.3 Å². The quantitative estimate of drug-likeness (QED) is 0.345. The Morgan fingerprint density at radius 3 is 2.61 bits per heavy atom. The minimum absolute atomic E-state index is 0.353. The molecule has 3 aromatic carbocycles. The van der Waals surface area contributed by atoms with E-state index in [1.54, 1.807) is 32.4 Å². The van der Waals surface area contributed by atoms with Crippen LogP contribution < -0.4 is 19.6 Å². The van der Waals surface area contributed by atoms with Gasteiger partial charge in [0.15, 0.2) is 6.10 Å². The molecule has 0 aliphatic heterocycles. The van der Waals surface area contributed by atoms with Gasteiger partial charge in [-0.2, -0.15) is 5.10 Å². The molecule has 160 valence electrons. The minimum atomic E-state index is -0.696. The number of rotatable bonds is 9. The van der Waals surface area contributed by atoms with E-state index in [4.69, 9.17) is 14.2 Å². The second-order valence-electron chi connectivity index (χ2n) is 6.63. The Kier molecular flexibility index (Phi) is 8.06. The van der Waals surface area contributed by atoms with Crippen LogP contribution in [0, 0.1) is 0 Å². The van der Waals surface area contributed by atoms with E-state index < -0.39 is 6.10 Å². The van der Waals surface area contributed by atoms with Gasteiger partial charge in [0.2, 0.25) is 0 Å². The highest BCUT2D eigenvalue weighted by Crippen LogP contribution is 2.20. The van der Waals surface area contributed by atoms with Crippen LogP contribution in [0.25, 0.3) is 0 Å². The van der Waals surface area contributed by atoms with Gasteiger partial charge in [0, 0.05) is 10.0 Å². The molecule has 6 nitrogen and oxygen atoms in total. The summed E-state index contributed by atoms with van der Waals surface area (Å²) in [5.41, 5.74) is 4.23. The van der Waals surface area contributed by atoms with Crippen LogP contribution in [0.2, 0.25) is 0 Å². The molecule has 0 fully saturated rings. The lowest BCUT2D eigenvalue weighted by Crippen LogP contribution is -2.33. The Hall–Kier alpha value is -3.32. The van der Waals surface area contributed by atoms with Crippen molar-refractivity contribution in [3.05, 3.63) is 88.4 Å². The summed E-state index contributed by atoms with van der Waals surface area (Å²) in [5.74, 6) is 1.68. The largest absolute Gasteiger partial charge is 0.497 e. The zero-order valence-electron chi connectivity index (χ0n) is 17.2. The fraction of sp³-hybridized carbons (Fsp3) is 0.167. The van der Waals surface area contributed by atoms with Gasteiger partial charge in [-0.3, -0.25) is 4.79 Å². The lowest BCUT2D eigenvalue weighted by molar-refractivity contribution is -0.127. The van der Waals surface area contributed by atoms with Gasteiger partial charge in [0.1, 0.15) is 23.9 Å².